The summed E-state index contributed by atoms with van der Waals surface area (Å²) >= 11 is 0. The molecule has 140 valence electrons. The summed E-state index contributed by atoms with van der Waals surface area (Å²) in [5.74, 6) is -1.63. The van der Waals surface area contributed by atoms with Gasteiger partial charge in [0.15, 0.2) is 17.9 Å². The largest absolute Gasteiger partial charge is 0.465 e. The average Bonchev–Trinajstić information content (AvgIpc) is 2.81. The smallest absolute Gasteiger partial charge is 0.413 e. The van der Waals surface area contributed by atoms with E-state index in [1.165, 1.54) is 6.92 Å². The second kappa shape index (κ2) is 7.89. The number of anilines is 1. The van der Waals surface area contributed by atoms with Gasteiger partial charge in [0.1, 0.15) is 12.2 Å². The van der Waals surface area contributed by atoms with Crippen molar-refractivity contribution in [2.45, 2.75) is 57.6 Å². The van der Waals surface area contributed by atoms with Crippen molar-refractivity contribution in [3.8, 4) is 0 Å². The van der Waals surface area contributed by atoms with E-state index < -0.39 is 48.0 Å². The van der Waals surface area contributed by atoms with Gasteiger partial charge in [0, 0.05) is 6.54 Å². The molecule has 1 fully saturated rings. The van der Waals surface area contributed by atoms with Crippen molar-refractivity contribution in [2.75, 3.05) is 11.4 Å². The fourth-order valence-corrected chi connectivity index (χ4v) is 2.68. The minimum atomic E-state index is -1.43. The quantitative estimate of drug-likeness (QED) is 0.638. The summed E-state index contributed by atoms with van der Waals surface area (Å²) in [6.45, 7) is 3.44. The van der Waals surface area contributed by atoms with E-state index in [4.69, 9.17) is 4.74 Å². The Balaban J connectivity index is 2.33. The van der Waals surface area contributed by atoms with Gasteiger partial charge in [0.05, 0.1) is 12.3 Å². The van der Waals surface area contributed by atoms with Gasteiger partial charge in [0.25, 0.3) is 0 Å². The number of halogens is 1. The molecule has 1 aliphatic rings. The molecule has 1 aromatic heterocycles. The van der Waals surface area contributed by atoms with Crippen LogP contribution in [-0.4, -0.2) is 55.8 Å². The Hall–Kier alpha value is -2.04. The van der Waals surface area contributed by atoms with E-state index >= 15 is 0 Å². The van der Waals surface area contributed by atoms with Crippen LogP contribution < -0.4 is 10.6 Å². The van der Waals surface area contributed by atoms with Gasteiger partial charge >= 0.3 is 11.8 Å². The van der Waals surface area contributed by atoms with Gasteiger partial charge in [-0.25, -0.2) is 14.0 Å². The van der Waals surface area contributed by atoms with Crippen molar-refractivity contribution in [2.24, 2.45) is 0 Å². The molecule has 2 heterocycles. The predicted octanol–water partition coefficient (Wildman–Crippen LogP) is 0.696. The molecule has 4 unspecified atom stereocenters. The number of unbranched alkanes of at least 4 members (excludes halogenated alkanes) is 2. The summed E-state index contributed by atoms with van der Waals surface area (Å²) in [7, 11) is 0. The lowest BCUT2D eigenvalue weighted by Gasteiger charge is -2.21. The molecule has 1 amide bonds. The van der Waals surface area contributed by atoms with Crippen molar-refractivity contribution in [1.29, 1.82) is 0 Å². The molecule has 2 rings (SSSR count). The normalized spacial score (nSPS) is 26.0. The summed E-state index contributed by atoms with van der Waals surface area (Å²) in [6, 6.07) is 0. The van der Waals surface area contributed by atoms with Crippen molar-refractivity contribution in [3.05, 3.63) is 22.5 Å². The molecule has 0 radical (unpaired) electrons. The van der Waals surface area contributed by atoms with Gasteiger partial charge in [-0.1, -0.05) is 19.8 Å². The number of amides is 1. The molecule has 0 aromatic carbocycles. The minimum absolute atomic E-state index is 0.00878. The molecule has 1 aromatic rings. The average molecular weight is 359 g/mol. The van der Waals surface area contributed by atoms with E-state index in [-0.39, 0.29) is 6.54 Å². The number of rotatable bonds is 6. The van der Waals surface area contributed by atoms with Crippen molar-refractivity contribution >= 4 is 11.9 Å². The molecule has 1 aliphatic heterocycles. The van der Waals surface area contributed by atoms with Crippen LogP contribution in [0.4, 0.5) is 15.0 Å². The fourth-order valence-electron chi connectivity index (χ4n) is 2.68. The molecule has 1 saturated heterocycles. The maximum Gasteiger partial charge on any atom is 0.413 e. The SMILES string of the molecule is CCCCCN(C(=O)O)c1nc(=O)n(C2OC(C)C(O)C2O)cc1F. The standard InChI is InChI=1S/C15H22FN3O6/c1-3-4-5-6-18(15(23)24)12-9(16)7-19(14(22)17-12)13-11(21)10(20)8(2)25-13/h7-8,10-11,13,20-21H,3-6H2,1-2H3,(H,23,24). The Morgan fingerprint density at radius 1 is 1.40 bits per heavy atom. The lowest BCUT2D eigenvalue weighted by atomic mass is 10.1. The predicted molar refractivity (Wildman–Crippen MR) is 84.9 cm³/mol. The number of nitrogens with zero attached hydrogens (tertiary/aromatic N) is 3. The highest BCUT2D eigenvalue weighted by Crippen LogP contribution is 2.28. The van der Waals surface area contributed by atoms with Crippen molar-refractivity contribution in [1.82, 2.24) is 9.55 Å². The third-order valence-corrected chi connectivity index (χ3v) is 4.11. The highest BCUT2D eigenvalue weighted by Gasteiger charge is 2.42. The van der Waals surface area contributed by atoms with E-state index in [0.717, 1.165) is 19.0 Å². The number of aromatic nitrogens is 2. The van der Waals surface area contributed by atoms with Gasteiger partial charge < -0.3 is 20.1 Å². The highest BCUT2D eigenvalue weighted by molar-refractivity contribution is 5.84. The van der Waals surface area contributed by atoms with E-state index in [1.54, 1.807) is 0 Å². The van der Waals surface area contributed by atoms with Crippen molar-refractivity contribution in [3.63, 3.8) is 0 Å². The third-order valence-electron chi connectivity index (χ3n) is 4.11. The van der Waals surface area contributed by atoms with Crippen LogP contribution >= 0.6 is 0 Å². The molecule has 25 heavy (non-hydrogen) atoms. The Kier molecular flexibility index (Phi) is 6.09. The van der Waals surface area contributed by atoms with Crippen LogP contribution in [0.25, 0.3) is 0 Å². The molecule has 0 spiro atoms. The van der Waals surface area contributed by atoms with Gasteiger partial charge in [0.2, 0.25) is 0 Å². The molecule has 4 atom stereocenters. The zero-order chi connectivity index (χ0) is 18.7. The molecule has 0 aliphatic carbocycles. The van der Waals surface area contributed by atoms with Crippen molar-refractivity contribution < 1.29 is 29.2 Å². The second-order valence-corrected chi connectivity index (χ2v) is 5.96. The number of ether oxygens (including phenoxy) is 1. The van der Waals surface area contributed by atoms with Crippen LogP contribution in [0.3, 0.4) is 0 Å². The molecule has 3 N–H and O–H groups in total. The molecular weight excluding hydrogens is 337 g/mol. The van der Waals surface area contributed by atoms with Gasteiger partial charge in [-0.2, -0.15) is 4.98 Å². The Morgan fingerprint density at radius 3 is 2.60 bits per heavy atom. The fraction of sp³-hybridized carbons (Fsp3) is 0.667. The summed E-state index contributed by atoms with van der Waals surface area (Å²) in [5, 5.41) is 28.9. The monoisotopic (exact) mass is 359 g/mol. The van der Waals surface area contributed by atoms with E-state index in [2.05, 4.69) is 4.98 Å². The lowest BCUT2D eigenvalue weighted by Crippen LogP contribution is -2.38. The zero-order valence-corrected chi connectivity index (χ0v) is 14.0. The number of hydrogen-bond acceptors (Lipinski definition) is 6. The second-order valence-electron chi connectivity index (χ2n) is 5.96. The summed E-state index contributed by atoms with van der Waals surface area (Å²) in [6.07, 6.45) is -3.29. The van der Waals surface area contributed by atoms with Crippen LogP contribution in [-0.2, 0) is 4.74 Å². The summed E-state index contributed by atoms with van der Waals surface area (Å²) < 4.78 is 20.4. The first-order chi connectivity index (χ1) is 11.8. The lowest BCUT2D eigenvalue weighted by molar-refractivity contribution is -0.0355. The zero-order valence-electron chi connectivity index (χ0n) is 14.0. The minimum Gasteiger partial charge on any atom is -0.465 e. The first-order valence-electron chi connectivity index (χ1n) is 8.08. The topological polar surface area (TPSA) is 125 Å². The first-order valence-corrected chi connectivity index (χ1v) is 8.08. The van der Waals surface area contributed by atoms with Gasteiger partial charge in [-0.15, -0.1) is 0 Å². The van der Waals surface area contributed by atoms with E-state index in [0.29, 0.717) is 15.9 Å². The maximum absolute atomic E-state index is 14.4. The number of aliphatic hydroxyl groups excluding tert-OH is 2. The van der Waals surface area contributed by atoms with E-state index in [1.807, 2.05) is 6.92 Å². The molecule has 0 saturated carbocycles. The molecule has 9 nitrogen and oxygen atoms in total. The van der Waals surface area contributed by atoms with Gasteiger partial charge in [-0.05, 0) is 13.3 Å². The van der Waals surface area contributed by atoms with Crippen LogP contribution in [0.2, 0.25) is 0 Å². The van der Waals surface area contributed by atoms with Gasteiger partial charge in [-0.3, -0.25) is 9.47 Å². The number of carboxylic acid groups (broad SMARTS) is 1. The number of hydrogen-bond donors (Lipinski definition) is 3. The van der Waals surface area contributed by atoms with E-state index in [9.17, 15) is 29.3 Å². The van der Waals surface area contributed by atoms with Crippen LogP contribution in [0.1, 0.15) is 39.3 Å². The Labute approximate surface area is 143 Å². The van der Waals surface area contributed by atoms with Crippen LogP contribution in [0.15, 0.2) is 11.0 Å². The molecular formula is C15H22FN3O6. The Morgan fingerprint density at radius 2 is 2.08 bits per heavy atom. The molecule has 10 heteroatoms. The van der Waals surface area contributed by atoms with Crippen LogP contribution in [0.5, 0.6) is 0 Å². The highest BCUT2D eigenvalue weighted by atomic mass is 19.1. The summed E-state index contributed by atoms with van der Waals surface area (Å²) in [5.41, 5.74) is -0.983. The third kappa shape index (κ3) is 3.97. The number of aliphatic hydroxyl groups is 2. The number of carbonyl (C=O) groups is 1. The summed E-state index contributed by atoms with van der Waals surface area (Å²) in [4.78, 5) is 27.7. The van der Waals surface area contributed by atoms with Crippen LogP contribution in [0, 0.1) is 5.82 Å². The first kappa shape index (κ1) is 19.3. The maximum atomic E-state index is 14.4. The molecule has 0 bridgehead atoms. The Bertz CT molecular complexity index is 682.